The Morgan fingerprint density at radius 3 is 3.00 bits per heavy atom. The monoisotopic (exact) mass is 226 g/mol. The molecule has 0 spiro atoms. The van der Waals surface area contributed by atoms with Crippen molar-refractivity contribution in [3.63, 3.8) is 0 Å². The van der Waals surface area contributed by atoms with Crippen LogP contribution in [-0.2, 0) is 11.2 Å². The molecule has 0 radical (unpaired) electrons. The van der Waals surface area contributed by atoms with Gasteiger partial charge >= 0.3 is 5.97 Å². The molecule has 0 fully saturated rings. The normalized spacial score (nSPS) is 19.2. The molecule has 4 heteroatoms. The first kappa shape index (κ1) is 10.3. The Balaban J connectivity index is 2.37. The van der Waals surface area contributed by atoms with Crippen molar-refractivity contribution >= 4 is 17.6 Å². The maximum absolute atomic E-state index is 10.8. The zero-order valence-corrected chi connectivity index (χ0v) is 9.04. The number of ether oxygens (including phenoxy) is 1. The molecule has 15 heavy (non-hydrogen) atoms. The van der Waals surface area contributed by atoms with Gasteiger partial charge in [0.2, 0.25) is 0 Å². The fourth-order valence-corrected chi connectivity index (χ4v) is 2.12. The second kappa shape index (κ2) is 3.74. The van der Waals surface area contributed by atoms with Crippen molar-refractivity contribution in [1.82, 2.24) is 0 Å². The number of benzene rings is 1. The van der Waals surface area contributed by atoms with Gasteiger partial charge in [-0.3, -0.25) is 4.79 Å². The summed E-state index contributed by atoms with van der Waals surface area (Å²) in [5.41, 5.74) is 1.85. The molecule has 1 aliphatic rings. The van der Waals surface area contributed by atoms with Crippen LogP contribution in [0.4, 0.5) is 0 Å². The van der Waals surface area contributed by atoms with E-state index in [2.05, 4.69) is 0 Å². The molecule has 1 atom stereocenters. The van der Waals surface area contributed by atoms with Crippen molar-refractivity contribution in [3.05, 3.63) is 28.3 Å². The van der Waals surface area contributed by atoms with Crippen molar-refractivity contribution < 1.29 is 14.6 Å². The standard InChI is InChI=1S/C11H11ClO3/c1-6-2-9(12)4-7-3-8(11(13)14)5-15-10(6)7/h2,4,8H,3,5H2,1H3,(H,13,14). The molecule has 3 nitrogen and oxygen atoms in total. The van der Waals surface area contributed by atoms with Crippen LogP contribution in [0, 0.1) is 12.8 Å². The summed E-state index contributed by atoms with van der Waals surface area (Å²) in [7, 11) is 0. The van der Waals surface area contributed by atoms with Crippen molar-refractivity contribution in [1.29, 1.82) is 0 Å². The molecule has 2 rings (SSSR count). The SMILES string of the molecule is Cc1cc(Cl)cc2c1OCC(C(=O)O)C2. The number of carboxylic acids is 1. The minimum absolute atomic E-state index is 0.241. The summed E-state index contributed by atoms with van der Waals surface area (Å²) >= 11 is 5.91. The predicted octanol–water partition coefficient (Wildman–Crippen LogP) is 2.28. The first-order chi connectivity index (χ1) is 7.08. The summed E-state index contributed by atoms with van der Waals surface area (Å²) in [6, 6.07) is 3.60. The van der Waals surface area contributed by atoms with Crippen molar-refractivity contribution in [3.8, 4) is 5.75 Å². The van der Waals surface area contributed by atoms with Gasteiger partial charge in [-0.2, -0.15) is 0 Å². The van der Waals surface area contributed by atoms with Gasteiger partial charge in [-0.05, 0) is 36.6 Å². The van der Waals surface area contributed by atoms with Crippen molar-refractivity contribution in [2.45, 2.75) is 13.3 Å². The van der Waals surface area contributed by atoms with Gasteiger partial charge in [0.15, 0.2) is 0 Å². The van der Waals surface area contributed by atoms with Crippen molar-refractivity contribution in [2.75, 3.05) is 6.61 Å². The molecular formula is C11H11ClO3. The van der Waals surface area contributed by atoms with E-state index in [-0.39, 0.29) is 6.61 Å². The Kier molecular flexibility index (Phi) is 2.57. The fourth-order valence-electron chi connectivity index (χ4n) is 1.82. The first-order valence-electron chi connectivity index (χ1n) is 4.72. The van der Waals surface area contributed by atoms with Crippen LogP contribution in [0.1, 0.15) is 11.1 Å². The smallest absolute Gasteiger partial charge is 0.310 e. The topological polar surface area (TPSA) is 46.5 Å². The summed E-state index contributed by atoms with van der Waals surface area (Å²) < 4.78 is 5.44. The number of aryl methyl sites for hydroxylation is 1. The molecule has 1 aromatic rings. The van der Waals surface area contributed by atoms with E-state index in [1.807, 2.05) is 13.0 Å². The predicted molar refractivity (Wildman–Crippen MR) is 56.5 cm³/mol. The zero-order valence-electron chi connectivity index (χ0n) is 8.29. The molecule has 0 bridgehead atoms. The number of carboxylic acid groups (broad SMARTS) is 1. The molecule has 0 aromatic heterocycles. The van der Waals surface area contributed by atoms with Gasteiger partial charge in [0.05, 0.1) is 5.92 Å². The number of hydrogen-bond acceptors (Lipinski definition) is 2. The van der Waals surface area contributed by atoms with Gasteiger partial charge in [-0.25, -0.2) is 0 Å². The molecule has 1 heterocycles. The Bertz CT molecular complexity index is 415. The number of carbonyl (C=O) groups is 1. The number of hydrogen-bond donors (Lipinski definition) is 1. The maximum atomic E-state index is 10.8. The van der Waals surface area contributed by atoms with Crippen LogP contribution in [-0.4, -0.2) is 17.7 Å². The molecule has 0 aliphatic carbocycles. The lowest BCUT2D eigenvalue weighted by Crippen LogP contribution is -2.28. The largest absolute Gasteiger partial charge is 0.492 e. The third-order valence-electron chi connectivity index (χ3n) is 2.56. The van der Waals surface area contributed by atoms with E-state index in [9.17, 15) is 4.79 Å². The quantitative estimate of drug-likeness (QED) is 0.799. The lowest BCUT2D eigenvalue weighted by atomic mass is 9.95. The average Bonchev–Trinajstić information content (AvgIpc) is 2.16. The fraction of sp³-hybridized carbons (Fsp3) is 0.364. The van der Waals surface area contributed by atoms with Crippen molar-refractivity contribution in [2.24, 2.45) is 5.92 Å². The summed E-state index contributed by atoms with van der Waals surface area (Å²) in [6.07, 6.45) is 0.492. The molecule has 0 saturated carbocycles. The molecular weight excluding hydrogens is 216 g/mol. The van der Waals surface area contributed by atoms with Gasteiger partial charge in [0.1, 0.15) is 12.4 Å². The van der Waals surface area contributed by atoms with Crippen LogP contribution in [0.3, 0.4) is 0 Å². The highest BCUT2D eigenvalue weighted by Gasteiger charge is 2.26. The first-order valence-corrected chi connectivity index (χ1v) is 5.10. The second-order valence-electron chi connectivity index (χ2n) is 3.76. The Labute approximate surface area is 92.6 Å². The van der Waals surface area contributed by atoms with E-state index in [4.69, 9.17) is 21.4 Å². The van der Waals surface area contributed by atoms with Gasteiger partial charge < -0.3 is 9.84 Å². The molecule has 0 amide bonds. The Hall–Kier alpha value is -1.22. The van der Waals surface area contributed by atoms with E-state index in [1.54, 1.807) is 6.07 Å². The number of fused-ring (bicyclic) bond motifs is 1. The van der Waals surface area contributed by atoms with Crippen LogP contribution >= 0.6 is 11.6 Å². The Morgan fingerprint density at radius 1 is 1.60 bits per heavy atom. The lowest BCUT2D eigenvalue weighted by molar-refractivity contribution is -0.143. The zero-order chi connectivity index (χ0) is 11.0. The maximum Gasteiger partial charge on any atom is 0.310 e. The second-order valence-corrected chi connectivity index (χ2v) is 4.20. The molecule has 1 aromatic carbocycles. The average molecular weight is 227 g/mol. The van der Waals surface area contributed by atoms with Gasteiger partial charge in [-0.15, -0.1) is 0 Å². The summed E-state index contributed by atoms with van der Waals surface area (Å²) in [6.45, 7) is 2.15. The van der Waals surface area contributed by atoms with Gasteiger partial charge in [-0.1, -0.05) is 11.6 Å². The Morgan fingerprint density at radius 2 is 2.33 bits per heavy atom. The summed E-state index contributed by atoms with van der Waals surface area (Å²) in [5, 5.41) is 9.52. The third kappa shape index (κ3) is 1.92. The third-order valence-corrected chi connectivity index (χ3v) is 2.78. The van der Waals surface area contributed by atoms with E-state index >= 15 is 0 Å². The van der Waals surface area contributed by atoms with Crippen LogP contribution in [0.25, 0.3) is 0 Å². The van der Waals surface area contributed by atoms with Gasteiger partial charge in [0.25, 0.3) is 0 Å². The highest BCUT2D eigenvalue weighted by atomic mass is 35.5. The summed E-state index contributed by atoms with van der Waals surface area (Å²) in [4.78, 5) is 10.8. The molecule has 80 valence electrons. The highest BCUT2D eigenvalue weighted by molar-refractivity contribution is 6.30. The van der Waals surface area contributed by atoms with E-state index in [1.165, 1.54) is 0 Å². The van der Waals surface area contributed by atoms with Crippen LogP contribution in [0.15, 0.2) is 12.1 Å². The number of halogens is 1. The molecule has 1 N–H and O–H groups in total. The number of aliphatic carboxylic acids is 1. The van der Waals surface area contributed by atoms with E-state index in [0.717, 1.165) is 16.9 Å². The molecule has 1 aliphatic heterocycles. The minimum Gasteiger partial charge on any atom is -0.492 e. The molecule has 1 unspecified atom stereocenters. The van der Waals surface area contributed by atoms with E-state index in [0.29, 0.717) is 11.4 Å². The van der Waals surface area contributed by atoms with E-state index < -0.39 is 11.9 Å². The van der Waals surface area contributed by atoms with Crippen LogP contribution < -0.4 is 4.74 Å². The minimum atomic E-state index is -0.821. The summed E-state index contributed by atoms with van der Waals surface area (Å²) in [5.74, 6) is -0.495. The number of rotatable bonds is 1. The highest BCUT2D eigenvalue weighted by Crippen LogP contribution is 2.33. The van der Waals surface area contributed by atoms with Crippen LogP contribution in [0.2, 0.25) is 5.02 Å². The van der Waals surface area contributed by atoms with Crippen LogP contribution in [0.5, 0.6) is 5.75 Å². The van der Waals surface area contributed by atoms with Gasteiger partial charge in [0, 0.05) is 5.02 Å². The lowest BCUT2D eigenvalue weighted by Gasteiger charge is -2.24. The molecule has 0 saturated heterocycles.